The Hall–Kier alpha value is -0.770. The Kier molecular flexibility index (Phi) is 4.95. The van der Waals surface area contributed by atoms with E-state index in [1.807, 2.05) is 13.0 Å². The van der Waals surface area contributed by atoms with Crippen LogP contribution in [0.1, 0.15) is 31.7 Å². The Morgan fingerprint density at radius 3 is 2.70 bits per heavy atom. The molecule has 20 heavy (non-hydrogen) atoms. The topological polar surface area (TPSA) is 49.3 Å². The van der Waals surface area contributed by atoms with Gasteiger partial charge in [0.25, 0.3) is 0 Å². The SMILES string of the molecule is CC(Cc1ccc(Cl)cc1Cl)C(=O)NCC1(O)CCC1. The Balaban J connectivity index is 1.87. The van der Waals surface area contributed by atoms with Crippen molar-refractivity contribution in [3.05, 3.63) is 33.8 Å². The second-order valence-electron chi connectivity index (χ2n) is 5.64. The molecule has 2 rings (SSSR count). The first-order valence-electron chi connectivity index (χ1n) is 6.84. The minimum atomic E-state index is -0.687. The fraction of sp³-hybridized carbons (Fsp3) is 0.533. The number of nitrogens with one attached hydrogen (secondary N) is 1. The fourth-order valence-electron chi connectivity index (χ4n) is 2.30. The quantitative estimate of drug-likeness (QED) is 0.876. The van der Waals surface area contributed by atoms with Gasteiger partial charge in [-0.1, -0.05) is 36.2 Å². The molecular formula is C15H19Cl2NO2. The molecule has 1 amide bonds. The lowest BCUT2D eigenvalue weighted by molar-refractivity contribution is -0.126. The Bertz CT molecular complexity index is 501. The number of hydrogen-bond donors (Lipinski definition) is 2. The second kappa shape index (κ2) is 6.33. The zero-order valence-electron chi connectivity index (χ0n) is 11.5. The van der Waals surface area contributed by atoms with Crippen LogP contribution >= 0.6 is 23.2 Å². The lowest BCUT2D eigenvalue weighted by atomic mass is 9.80. The van der Waals surface area contributed by atoms with Gasteiger partial charge in [0.05, 0.1) is 5.60 Å². The molecule has 1 atom stereocenters. The van der Waals surface area contributed by atoms with E-state index in [-0.39, 0.29) is 11.8 Å². The first-order valence-corrected chi connectivity index (χ1v) is 7.59. The summed E-state index contributed by atoms with van der Waals surface area (Å²) in [6, 6.07) is 5.29. The molecule has 1 aromatic carbocycles. The fourth-order valence-corrected chi connectivity index (χ4v) is 2.78. The maximum Gasteiger partial charge on any atom is 0.223 e. The summed E-state index contributed by atoms with van der Waals surface area (Å²) in [5.74, 6) is -0.256. The molecule has 0 saturated heterocycles. The van der Waals surface area contributed by atoms with E-state index in [4.69, 9.17) is 23.2 Å². The molecule has 0 spiro atoms. The van der Waals surface area contributed by atoms with Crippen LogP contribution in [0.2, 0.25) is 10.0 Å². The number of amides is 1. The van der Waals surface area contributed by atoms with Crippen LogP contribution in [-0.4, -0.2) is 23.2 Å². The van der Waals surface area contributed by atoms with Crippen molar-refractivity contribution in [2.24, 2.45) is 5.92 Å². The van der Waals surface area contributed by atoms with E-state index in [0.29, 0.717) is 23.0 Å². The molecule has 0 radical (unpaired) electrons. The monoisotopic (exact) mass is 315 g/mol. The number of rotatable bonds is 5. The third kappa shape index (κ3) is 3.87. The molecule has 1 fully saturated rings. The summed E-state index contributed by atoms with van der Waals surface area (Å²) in [6.45, 7) is 2.19. The van der Waals surface area contributed by atoms with Gasteiger partial charge in [-0.05, 0) is 43.4 Å². The summed E-state index contributed by atoms with van der Waals surface area (Å²) < 4.78 is 0. The van der Waals surface area contributed by atoms with Crippen molar-refractivity contribution >= 4 is 29.1 Å². The molecule has 5 heteroatoms. The molecule has 1 unspecified atom stereocenters. The average Bonchev–Trinajstić information content (AvgIpc) is 2.36. The molecule has 0 aliphatic heterocycles. The van der Waals surface area contributed by atoms with E-state index in [9.17, 15) is 9.90 Å². The van der Waals surface area contributed by atoms with Crippen LogP contribution in [0, 0.1) is 5.92 Å². The number of hydrogen-bond acceptors (Lipinski definition) is 2. The number of aliphatic hydroxyl groups is 1. The van der Waals surface area contributed by atoms with Crippen LogP contribution in [0.25, 0.3) is 0 Å². The van der Waals surface area contributed by atoms with E-state index in [2.05, 4.69) is 5.32 Å². The third-order valence-electron chi connectivity index (χ3n) is 3.86. The van der Waals surface area contributed by atoms with Gasteiger partial charge < -0.3 is 10.4 Å². The van der Waals surface area contributed by atoms with E-state index in [0.717, 1.165) is 24.8 Å². The van der Waals surface area contributed by atoms with E-state index < -0.39 is 5.60 Å². The molecule has 1 aromatic rings. The lowest BCUT2D eigenvalue weighted by Gasteiger charge is -2.36. The molecule has 1 aliphatic carbocycles. The molecular weight excluding hydrogens is 297 g/mol. The summed E-state index contributed by atoms with van der Waals surface area (Å²) in [4.78, 5) is 12.0. The smallest absolute Gasteiger partial charge is 0.223 e. The van der Waals surface area contributed by atoms with E-state index >= 15 is 0 Å². The minimum Gasteiger partial charge on any atom is -0.388 e. The van der Waals surface area contributed by atoms with Crippen molar-refractivity contribution in [1.82, 2.24) is 5.32 Å². The highest BCUT2D eigenvalue weighted by Gasteiger charge is 2.34. The van der Waals surface area contributed by atoms with Gasteiger partial charge in [-0.3, -0.25) is 4.79 Å². The van der Waals surface area contributed by atoms with Crippen LogP contribution in [0.3, 0.4) is 0 Å². The van der Waals surface area contributed by atoms with Crippen LogP contribution < -0.4 is 5.32 Å². The summed E-state index contributed by atoms with van der Waals surface area (Å²) in [5, 5.41) is 13.9. The molecule has 1 saturated carbocycles. The highest BCUT2D eigenvalue weighted by atomic mass is 35.5. The van der Waals surface area contributed by atoms with Gasteiger partial charge in [0.2, 0.25) is 5.91 Å². The Morgan fingerprint density at radius 1 is 1.45 bits per heavy atom. The van der Waals surface area contributed by atoms with Gasteiger partial charge in [0, 0.05) is 22.5 Å². The Labute approximate surface area is 129 Å². The first kappa shape index (κ1) is 15.6. The predicted octanol–water partition coefficient (Wildman–Crippen LogP) is 3.20. The normalized spacial score (nSPS) is 18.2. The first-order chi connectivity index (χ1) is 9.39. The summed E-state index contributed by atoms with van der Waals surface area (Å²) >= 11 is 12.0. The van der Waals surface area contributed by atoms with Crippen LogP contribution in [-0.2, 0) is 11.2 Å². The zero-order valence-corrected chi connectivity index (χ0v) is 13.0. The zero-order chi connectivity index (χ0) is 14.8. The highest BCUT2D eigenvalue weighted by Crippen LogP contribution is 2.30. The summed E-state index contributed by atoms with van der Waals surface area (Å²) in [6.07, 6.45) is 3.12. The number of halogens is 2. The highest BCUT2D eigenvalue weighted by molar-refractivity contribution is 6.35. The van der Waals surface area contributed by atoms with Crippen molar-refractivity contribution in [1.29, 1.82) is 0 Å². The average molecular weight is 316 g/mol. The van der Waals surface area contributed by atoms with Crippen LogP contribution in [0.4, 0.5) is 0 Å². The van der Waals surface area contributed by atoms with Crippen LogP contribution in [0.5, 0.6) is 0 Å². The minimum absolute atomic E-state index is 0.0589. The molecule has 110 valence electrons. The van der Waals surface area contributed by atoms with Gasteiger partial charge in [0.1, 0.15) is 0 Å². The predicted molar refractivity (Wildman–Crippen MR) is 81.1 cm³/mol. The molecule has 3 nitrogen and oxygen atoms in total. The second-order valence-corrected chi connectivity index (χ2v) is 6.48. The van der Waals surface area contributed by atoms with Crippen molar-refractivity contribution in [3.8, 4) is 0 Å². The molecule has 0 bridgehead atoms. The molecule has 1 aliphatic rings. The summed E-state index contributed by atoms with van der Waals surface area (Å²) in [7, 11) is 0. The maximum atomic E-state index is 12.0. The lowest BCUT2D eigenvalue weighted by Crippen LogP contribution is -2.48. The standard InChI is InChI=1S/C15H19Cl2NO2/c1-10(7-11-3-4-12(16)8-13(11)17)14(19)18-9-15(20)5-2-6-15/h3-4,8,10,20H,2,5-7,9H2,1H3,(H,18,19). The molecule has 0 heterocycles. The van der Waals surface area contributed by atoms with Crippen molar-refractivity contribution in [2.75, 3.05) is 6.54 Å². The molecule has 0 aromatic heterocycles. The number of carbonyl (C=O) groups excluding carboxylic acids is 1. The van der Waals surface area contributed by atoms with Gasteiger partial charge in [0.15, 0.2) is 0 Å². The van der Waals surface area contributed by atoms with Crippen molar-refractivity contribution in [2.45, 2.75) is 38.2 Å². The van der Waals surface area contributed by atoms with Gasteiger partial charge in [-0.15, -0.1) is 0 Å². The largest absolute Gasteiger partial charge is 0.388 e. The van der Waals surface area contributed by atoms with Gasteiger partial charge >= 0.3 is 0 Å². The van der Waals surface area contributed by atoms with Gasteiger partial charge in [-0.2, -0.15) is 0 Å². The number of carbonyl (C=O) groups is 1. The van der Waals surface area contributed by atoms with Crippen molar-refractivity contribution < 1.29 is 9.90 Å². The summed E-state index contributed by atoms with van der Waals surface area (Å²) in [5.41, 5.74) is 0.217. The third-order valence-corrected chi connectivity index (χ3v) is 4.45. The van der Waals surface area contributed by atoms with E-state index in [1.165, 1.54) is 0 Å². The Morgan fingerprint density at radius 2 is 2.15 bits per heavy atom. The number of benzene rings is 1. The van der Waals surface area contributed by atoms with Gasteiger partial charge in [-0.25, -0.2) is 0 Å². The van der Waals surface area contributed by atoms with Crippen molar-refractivity contribution in [3.63, 3.8) is 0 Å². The molecule has 2 N–H and O–H groups in total. The maximum absolute atomic E-state index is 12.0. The van der Waals surface area contributed by atoms with E-state index in [1.54, 1.807) is 12.1 Å². The van der Waals surface area contributed by atoms with Crippen LogP contribution in [0.15, 0.2) is 18.2 Å².